The second-order valence-electron chi connectivity index (χ2n) is 3.93. The van der Waals surface area contributed by atoms with Gasteiger partial charge in [-0.3, -0.25) is 10.1 Å². The fraction of sp³-hybridized carbons (Fsp3) is 0.231. The van der Waals surface area contributed by atoms with Crippen molar-refractivity contribution in [2.75, 3.05) is 24.7 Å². The Hall–Kier alpha value is -2.35. The topological polar surface area (TPSA) is 90.2 Å². The summed E-state index contributed by atoms with van der Waals surface area (Å²) in [6, 6.07) is 9.92. The number of nitro groups is 1. The van der Waals surface area contributed by atoms with E-state index in [1.807, 2.05) is 30.3 Å². The van der Waals surface area contributed by atoms with Gasteiger partial charge in [0.25, 0.3) is 5.88 Å². The largest absolute Gasteiger partial charge is 0.476 e. The molecule has 2 rings (SSSR count). The van der Waals surface area contributed by atoms with E-state index in [0.29, 0.717) is 6.54 Å². The zero-order valence-electron chi connectivity index (χ0n) is 11.4. The molecular weight excluding hydrogens is 292 g/mol. The van der Waals surface area contributed by atoms with Gasteiger partial charge in [0.2, 0.25) is 5.82 Å². The lowest BCUT2D eigenvalue weighted by Gasteiger charge is -2.07. The third kappa shape index (κ3) is 4.06. The number of aromatic nitrogens is 2. The van der Waals surface area contributed by atoms with E-state index >= 15 is 0 Å². The Balaban J connectivity index is 1.95. The number of benzene rings is 1. The van der Waals surface area contributed by atoms with Gasteiger partial charge in [0.15, 0.2) is 0 Å². The summed E-state index contributed by atoms with van der Waals surface area (Å²) in [5.41, 5.74) is -0.246. The van der Waals surface area contributed by atoms with Crippen LogP contribution in [0.15, 0.2) is 41.6 Å². The highest BCUT2D eigenvalue weighted by Gasteiger charge is 2.23. The molecule has 21 heavy (non-hydrogen) atoms. The molecule has 0 unspecified atom stereocenters. The van der Waals surface area contributed by atoms with Crippen molar-refractivity contribution in [2.45, 2.75) is 4.90 Å². The fourth-order valence-corrected chi connectivity index (χ4v) is 2.45. The second-order valence-corrected chi connectivity index (χ2v) is 5.09. The van der Waals surface area contributed by atoms with E-state index in [2.05, 4.69) is 15.3 Å². The molecule has 0 amide bonds. The number of nitrogens with zero attached hydrogens (tertiary/aromatic N) is 3. The van der Waals surface area contributed by atoms with Crippen LogP contribution in [0, 0.1) is 10.1 Å². The minimum atomic E-state index is -0.550. The van der Waals surface area contributed by atoms with E-state index in [1.165, 1.54) is 13.4 Å². The lowest BCUT2D eigenvalue weighted by Crippen LogP contribution is -2.09. The van der Waals surface area contributed by atoms with Crippen LogP contribution < -0.4 is 10.1 Å². The van der Waals surface area contributed by atoms with Crippen molar-refractivity contribution in [1.82, 2.24) is 9.97 Å². The number of methoxy groups -OCH3 is 1. The van der Waals surface area contributed by atoms with Crippen molar-refractivity contribution in [1.29, 1.82) is 0 Å². The molecule has 8 heteroatoms. The van der Waals surface area contributed by atoms with Crippen LogP contribution in [0.2, 0.25) is 0 Å². The van der Waals surface area contributed by atoms with Gasteiger partial charge in [0.1, 0.15) is 6.33 Å². The molecule has 1 heterocycles. The van der Waals surface area contributed by atoms with Crippen LogP contribution in [0.3, 0.4) is 0 Å². The number of rotatable bonds is 7. The molecule has 1 aromatic heterocycles. The molecule has 0 aliphatic heterocycles. The summed E-state index contributed by atoms with van der Waals surface area (Å²) in [6.07, 6.45) is 1.23. The normalized spacial score (nSPS) is 10.1. The molecule has 0 atom stereocenters. The molecule has 1 aromatic carbocycles. The molecule has 0 saturated carbocycles. The number of nitrogens with one attached hydrogen (secondary N) is 1. The average molecular weight is 306 g/mol. The predicted octanol–water partition coefficient (Wildman–Crippen LogP) is 2.60. The second kappa shape index (κ2) is 7.44. The number of ether oxygens (including phenoxy) is 1. The summed E-state index contributed by atoms with van der Waals surface area (Å²) in [5, 5.41) is 14.0. The van der Waals surface area contributed by atoms with Gasteiger partial charge in [0, 0.05) is 17.2 Å². The van der Waals surface area contributed by atoms with Crippen molar-refractivity contribution in [2.24, 2.45) is 0 Å². The van der Waals surface area contributed by atoms with Gasteiger partial charge in [-0.05, 0) is 12.1 Å². The van der Waals surface area contributed by atoms with Crippen LogP contribution >= 0.6 is 11.8 Å². The lowest BCUT2D eigenvalue weighted by atomic mass is 10.4. The maximum atomic E-state index is 11.1. The molecule has 7 nitrogen and oxygen atoms in total. The van der Waals surface area contributed by atoms with Crippen LogP contribution in [0.25, 0.3) is 0 Å². The highest BCUT2D eigenvalue weighted by Crippen LogP contribution is 2.30. The first-order valence-electron chi connectivity index (χ1n) is 6.17. The SMILES string of the molecule is COc1ncnc(NCCSc2ccccc2)c1[N+](=O)[O-]. The van der Waals surface area contributed by atoms with Gasteiger partial charge in [-0.1, -0.05) is 18.2 Å². The van der Waals surface area contributed by atoms with Crippen molar-refractivity contribution in [3.63, 3.8) is 0 Å². The van der Waals surface area contributed by atoms with Gasteiger partial charge in [-0.15, -0.1) is 11.8 Å². The summed E-state index contributed by atoms with van der Waals surface area (Å²) in [6.45, 7) is 0.542. The number of hydrogen-bond donors (Lipinski definition) is 1. The highest BCUT2D eigenvalue weighted by atomic mass is 32.2. The summed E-state index contributed by atoms with van der Waals surface area (Å²) in [7, 11) is 1.34. The van der Waals surface area contributed by atoms with Crippen molar-refractivity contribution in [3.05, 3.63) is 46.8 Å². The monoisotopic (exact) mass is 306 g/mol. The Kier molecular flexibility index (Phi) is 5.33. The van der Waals surface area contributed by atoms with Crippen molar-refractivity contribution in [3.8, 4) is 5.88 Å². The zero-order valence-corrected chi connectivity index (χ0v) is 12.2. The first-order valence-corrected chi connectivity index (χ1v) is 7.16. The highest BCUT2D eigenvalue weighted by molar-refractivity contribution is 7.99. The quantitative estimate of drug-likeness (QED) is 0.364. The third-order valence-electron chi connectivity index (χ3n) is 2.57. The minimum Gasteiger partial charge on any atom is -0.476 e. The summed E-state index contributed by atoms with van der Waals surface area (Å²) >= 11 is 1.66. The van der Waals surface area contributed by atoms with Gasteiger partial charge < -0.3 is 10.1 Å². The summed E-state index contributed by atoms with van der Waals surface area (Å²) in [4.78, 5) is 19.3. The minimum absolute atomic E-state index is 0.0480. The van der Waals surface area contributed by atoms with E-state index in [-0.39, 0.29) is 17.4 Å². The van der Waals surface area contributed by atoms with Gasteiger partial charge in [-0.25, -0.2) is 4.98 Å². The zero-order chi connectivity index (χ0) is 15.1. The standard InChI is InChI=1S/C13H14N4O3S/c1-20-13-11(17(18)19)12(15-9-16-13)14-7-8-21-10-5-3-2-4-6-10/h2-6,9H,7-8H2,1H3,(H,14,15,16). The number of anilines is 1. The molecule has 0 saturated heterocycles. The fourth-order valence-electron chi connectivity index (χ4n) is 1.66. The van der Waals surface area contributed by atoms with Crippen LogP contribution in [0.1, 0.15) is 0 Å². The Morgan fingerprint density at radius 3 is 2.76 bits per heavy atom. The van der Waals surface area contributed by atoms with Gasteiger partial charge in [0.05, 0.1) is 12.0 Å². The van der Waals surface area contributed by atoms with E-state index < -0.39 is 4.92 Å². The Labute approximate surface area is 125 Å². The van der Waals surface area contributed by atoms with Gasteiger partial charge in [-0.2, -0.15) is 4.98 Å². The molecule has 110 valence electrons. The van der Waals surface area contributed by atoms with Crippen LogP contribution in [-0.4, -0.2) is 34.3 Å². The molecular formula is C13H14N4O3S. The number of hydrogen-bond acceptors (Lipinski definition) is 7. The van der Waals surface area contributed by atoms with Crippen LogP contribution in [-0.2, 0) is 0 Å². The first-order chi connectivity index (χ1) is 10.2. The van der Waals surface area contributed by atoms with Crippen molar-refractivity contribution < 1.29 is 9.66 Å². The molecule has 0 spiro atoms. The van der Waals surface area contributed by atoms with Crippen LogP contribution in [0.4, 0.5) is 11.5 Å². The predicted molar refractivity (Wildman–Crippen MR) is 80.9 cm³/mol. The Morgan fingerprint density at radius 1 is 1.33 bits per heavy atom. The van der Waals surface area contributed by atoms with Gasteiger partial charge >= 0.3 is 5.69 Å². The molecule has 0 aliphatic carbocycles. The lowest BCUT2D eigenvalue weighted by molar-refractivity contribution is -0.385. The van der Waals surface area contributed by atoms with E-state index in [9.17, 15) is 10.1 Å². The van der Waals surface area contributed by atoms with E-state index in [1.54, 1.807) is 11.8 Å². The smallest absolute Gasteiger partial charge is 0.372 e. The number of thioether (sulfide) groups is 1. The molecule has 0 aliphatic rings. The Morgan fingerprint density at radius 2 is 2.10 bits per heavy atom. The average Bonchev–Trinajstić information content (AvgIpc) is 2.52. The molecule has 1 N–H and O–H groups in total. The Bertz CT molecular complexity index is 610. The maximum Gasteiger partial charge on any atom is 0.372 e. The van der Waals surface area contributed by atoms with E-state index in [0.717, 1.165) is 10.6 Å². The molecule has 0 radical (unpaired) electrons. The third-order valence-corrected chi connectivity index (χ3v) is 3.58. The molecule has 0 fully saturated rings. The first kappa shape index (κ1) is 15.0. The van der Waals surface area contributed by atoms with Crippen molar-refractivity contribution >= 4 is 23.3 Å². The van der Waals surface area contributed by atoms with E-state index in [4.69, 9.17) is 4.74 Å². The molecule has 2 aromatic rings. The summed E-state index contributed by atoms with van der Waals surface area (Å²) < 4.78 is 4.88. The molecule has 0 bridgehead atoms. The maximum absolute atomic E-state index is 11.1. The van der Waals surface area contributed by atoms with Crippen LogP contribution in [0.5, 0.6) is 5.88 Å². The summed E-state index contributed by atoms with van der Waals surface area (Å²) in [5.74, 6) is 0.877.